The van der Waals surface area contributed by atoms with Gasteiger partial charge in [0.25, 0.3) is 5.91 Å². The predicted molar refractivity (Wildman–Crippen MR) is 96.9 cm³/mol. The summed E-state index contributed by atoms with van der Waals surface area (Å²) in [5.41, 5.74) is 6.65. The summed E-state index contributed by atoms with van der Waals surface area (Å²) in [6, 6.07) is 8.20. The lowest BCUT2D eigenvalue weighted by atomic mass is 10.2. The number of anilines is 2. The third kappa shape index (κ3) is 5.35. The first kappa shape index (κ1) is 19.5. The molecule has 0 aliphatic rings. The Balaban J connectivity index is 2.00. The van der Waals surface area contributed by atoms with Crippen LogP contribution in [0.15, 0.2) is 36.4 Å². The summed E-state index contributed by atoms with van der Waals surface area (Å²) in [4.78, 5) is 23.9. The van der Waals surface area contributed by atoms with E-state index in [9.17, 15) is 14.0 Å². The van der Waals surface area contributed by atoms with Crippen LogP contribution in [0, 0.1) is 5.82 Å². The highest BCUT2D eigenvalue weighted by atomic mass is 35.5. The minimum absolute atomic E-state index is 0.107. The van der Waals surface area contributed by atoms with Crippen LogP contribution in [-0.4, -0.2) is 24.6 Å². The predicted octanol–water partition coefficient (Wildman–Crippen LogP) is 3.64. The number of benzene rings is 2. The van der Waals surface area contributed by atoms with Crippen LogP contribution in [-0.2, 0) is 9.53 Å². The van der Waals surface area contributed by atoms with Crippen LogP contribution in [0.25, 0.3) is 0 Å². The van der Waals surface area contributed by atoms with Gasteiger partial charge in [-0.2, -0.15) is 0 Å². The van der Waals surface area contributed by atoms with Crippen molar-refractivity contribution in [1.29, 1.82) is 0 Å². The van der Waals surface area contributed by atoms with Crippen molar-refractivity contribution >= 4 is 34.9 Å². The lowest BCUT2D eigenvalue weighted by Gasteiger charge is -2.12. The summed E-state index contributed by atoms with van der Waals surface area (Å²) in [5.74, 6) is -1.42. The molecule has 0 fully saturated rings. The van der Waals surface area contributed by atoms with Crippen molar-refractivity contribution in [3.05, 3.63) is 52.8 Å². The van der Waals surface area contributed by atoms with Crippen LogP contribution < -0.4 is 15.8 Å². The molecule has 0 aliphatic carbocycles. The van der Waals surface area contributed by atoms with E-state index in [2.05, 4.69) is 5.32 Å². The van der Waals surface area contributed by atoms with Gasteiger partial charge in [0, 0.05) is 5.69 Å². The number of hydrogen-bond donors (Lipinski definition) is 2. The summed E-state index contributed by atoms with van der Waals surface area (Å²) in [7, 11) is 0. The lowest BCUT2D eigenvalue weighted by Crippen LogP contribution is -2.20. The fraction of sp³-hybridized carbons (Fsp3) is 0.222. The Morgan fingerprint density at radius 3 is 2.62 bits per heavy atom. The van der Waals surface area contributed by atoms with Gasteiger partial charge < -0.3 is 20.5 Å². The van der Waals surface area contributed by atoms with Gasteiger partial charge in [-0.05, 0) is 50.2 Å². The first-order valence-corrected chi connectivity index (χ1v) is 8.12. The maximum atomic E-state index is 13.1. The second kappa shape index (κ2) is 8.53. The highest BCUT2D eigenvalue weighted by molar-refractivity contribution is 6.31. The third-order valence-corrected chi connectivity index (χ3v) is 3.44. The van der Waals surface area contributed by atoms with E-state index in [4.69, 9.17) is 26.8 Å². The maximum Gasteiger partial charge on any atom is 0.338 e. The van der Waals surface area contributed by atoms with Crippen molar-refractivity contribution in [3.8, 4) is 5.75 Å². The monoisotopic (exact) mass is 380 g/mol. The normalized spacial score (nSPS) is 10.5. The maximum absolute atomic E-state index is 13.1. The molecular weight excluding hydrogens is 363 g/mol. The Bertz CT molecular complexity index is 827. The number of ether oxygens (including phenoxy) is 2. The Hall–Kier alpha value is -2.80. The number of hydrogen-bond acceptors (Lipinski definition) is 5. The number of nitrogens with two attached hydrogens (primary N) is 1. The molecule has 26 heavy (non-hydrogen) atoms. The van der Waals surface area contributed by atoms with Crippen molar-refractivity contribution in [2.75, 3.05) is 17.7 Å². The number of amides is 1. The van der Waals surface area contributed by atoms with Crippen LogP contribution >= 0.6 is 11.6 Å². The molecule has 0 aromatic heterocycles. The van der Waals surface area contributed by atoms with Gasteiger partial charge in [0.1, 0.15) is 11.6 Å². The van der Waals surface area contributed by atoms with E-state index in [1.165, 1.54) is 30.3 Å². The summed E-state index contributed by atoms with van der Waals surface area (Å²) in [6.45, 7) is 3.11. The summed E-state index contributed by atoms with van der Waals surface area (Å²) < 4.78 is 23.6. The molecule has 0 aliphatic heterocycles. The molecule has 0 saturated carbocycles. The molecule has 0 atom stereocenters. The molecule has 8 heteroatoms. The van der Waals surface area contributed by atoms with Crippen LogP contribution in [0.1, 0.15) is 24.2 Å². The molecule has 2 aromatic rings. The molecular formula is C18H18ClFN2O4. The zero-order valence-corrected chi connectivity index (χ0v) is 15.0. The molecule has 138 valence electrons. The van der Waals surface area contributed by atoms with E-state index in [1.807, 2.05) is 0 Å². The topological polar surface area (TPSA) is 90.7 Å². The molecule has 6 nitrogen and oxygen atoms in total. The van der Waals surface area contributed by atoms with Crippen molar-refractivity contribution < 1.29 is 23.5 Å². The van der Waals surface area contributed by atoms with Crippen LogP contribution in [0.5, 0.6) is 5.75 Å². The summed E-state index contributed by atoms with van der Waals surface area (Å²) in [6.07, 6.45) is -0.266. The molecule has 2 rings (SSSR count). The molecule has 1 amide bonds. The minimum atomic E-state index is -0.584. The molecule has 0 heterocycles. The van der Waals surface area contributed by atoms with E-state index >= 15 is 0 Å². The molecule has 0 bridgehead atoms. The summed E-state index contributed by atoms with van der Waals surface area (Å²) >= 11 is 5.66. The number of nitrogens with one attached hydrogen (secondary N) is 1. The van der Waals surface area contributed by atoms with Gasteiger partial charge in [0.2, 0.25) is 0 Å². The minimum Gasteiger partial charge on any atom is -0.482 e. The van der Waals surface area contributed by atoms with Gasteiger partial charge >= 0.3 is 5.97 Å². The van der Waals surface area contributed by atoms with Crippen molar-refractivity contribution in [1.82, 2.24) is 0 Å². The standard InChI is InChI=1S/C18H18ClFN2O4/c1-10(2)26-18(24)11-3-6-15(21)16(7-11)25-9-17(23)22-12-4-5-14(20)13(19)8-12/h3-8,10H,9,21H2,1-2H3,(H,22,23). The van der Waals surface area contributed by atoms with Crippen LogP contribution in [0.4, 0.5) is 15.8 Å². The van der Waals surface area contributed by atoms with Crippen LogP contribution in [0.3, 0.4) is 0 Å². The van der Waals surface area contributed by atoms with Crippen molar-refractivity contribution in [2.45, 2.75) is 20.0 Å². The number of nitrogen functional groups attached to an aromatic ring is 1. The summed E-state index contributed by atoms with van der Waals surface area (Å²) in [5, 5.41) is 2.41. The fourth-order valence-electron chi connectivity index (χ4n) is 1.98. The zero-order chi connectivity index (χ0) is 19.3. The van der Waals surface area contributed by atoms with E-state index in [0.717, 1.165) is 6.07 Å². The van der Waals surface area contributed by atoms with Crippen LogP contribution in [0.2, 0.25) is 5.02 Å². The fourth-order valence-corrected chi connectivity index (χ4v) is 2.16. The molecule has 0 radical (unpaired) electrons. The number of halogens is 2. The second-order valence-corrected chi connectivity index (χ2v) is 6.08. The van der Waals surface area contributed by atoms with E-state index in [1.54, 1.807) is 13.8 Å². The van der Waals surface area contributed by atoms with Crippen molar-refractivity contribution in [3.63, 3.8) is 0 Å². The first-order chi connectivity index (χ1) is 12.3. The molecule has 2 aromatic carbocycles. The smallest absolute Gasteiger partial charge is 0.338 e. The van der Waals surface area contributed by atoms with E-state index in [-0.39, 0.29) is 34.7 Å². The van der Waals surface area contributed by atoms with Gasteiger partial charge in [-0.1, -0.05) is 11.6 Å². The van der Waals surface area contributed by atoms with Gasteiger partial charge in [-0.15, -0.1) is 0 Å². The molecule has 0 unspecified atom stereocenters. The van der Waals surface area contributed by atoms with Gasteiger partial charge in [-0.25, -0.2) is 9.18 Å². The second-order valence-electron chi connectivity index (χ2n) is 5.67. The Morgan fingerprint density at radius 1 is 1.23 bits per heavy atom. The van der Waals surface area contributed by atoms with Gasteiger partial charge in [0.05, 0.1) is 22.4 Å². The average molecular weight is 381 g/mol. The molecule has 3 N–H and O–H groups in total. The SMILES string of the molecule is CC(C)OC(=O)c1ccc(N)c(OCC(=O)Nc2ccc(F)c(Cl)c2)c1. The largest absolute Gasteiger partial charge is 0.482 e. The zero-order valence-electron chi connectivity index (χ0n) is 14.2. The highest BCUT2D eigenvalue weighted by Gasteiger charge is 2.13. The quantitative estimate of drug-likeness (QED) is 0.589. The molecule has 0 spiro atoms. The van der Waals surface area contributed by atoms with Crippen molar-refractivity contribution in [2.24, 2.45) is 0 Å². The number of esters is 1. The third-order valence-electron chi connectivity index (χ3n) is 3.15. The van der Waals surface area contributed by atoms with E-state index < -0.39 is 17.7 Å². The van der Waals surface area contributed by atoms with Gasteiger partial charge in [0.15, 0.2) is 6.61 Å². The Kier molecular flexibility index (Phi) is 6.41. The number of carbonyl (C=O) groups excluding carboxylic acids is 2. The number of rotatable bonds is 6. The Morgan fingerprint density at radius 2 is 1.96 bits per heavy atom. The Labute approximate surface area is 155 Å². The number of carbonyl (C=O) groups is 2. The molecule has 0 saturated heterocycles. The van der Waals surface area contributed by atoms with E-state index in [0.29, 0.717) is 5.69 Å². The average Bonchev–Trinajstić information content (AvgIpc) is 2.56. The first-order valence-electron chi connectivity index (χ1n) is 7.74. The van der Waals surface area contributed by atoms with Gasteiger partial charge in [-0.3, -0.25) is 4.79 Å². The lowest BCUT2D eigenvalue weighted by molar-refractivity contribution is -0.118. The highest BCUT2D eigenvalue weighted by Crippen LogP contribution is 2.24.